The number of carbonyl (C=O) groups excluding carboxylic acids is 2. The molecule has 1 fully saturated rings. The van der Waals surface area contributed by atoms with Crippen LogP contribution in [0, 0.1) is 0 Å². The van der Waals surface area contributed by atoms with Gasteiger partial charge in [-0.3, -0.25) is 9.69 Å². The van der Waals surface area contributed by atoms with Crippen molar-refractivity contribution in [3.63, 3.8) is 0 Å². The molecule has 3 amide bonds. The SMILES string of the molecule is CC1Cc2ccccc2N1CCN1C(=O)NC(C)(C)C1=O. The monoisotopic (exact) mass is 287 g/mol. The molecule has 2 aliphatic heterocycles. The van der Waals surface area contributed by atoms with Gasteiger partial charge in [0.2, 0.25) is 0 Å². The van der Waals surface area contributed by atoms with Gasteiger partial charge in [-0.25, -0.2) is 4.79 Å². The third-order valence-electron chi connectivity index (χ3n) is 4.36. The number of rotatable bonds is 3. The van der Waals surface area contributed by atoms with Gasteiger partial charge in [0, 0.05) is 24.8 Å². The van der Waals surface area contributed by atoms with Crippen LogP contribution < -0.4 is 10.2 Å². The maximum Gasteiger partial charge on any atom is 0.325 e. The maximum atomic E-state index is 12.2. The molecular weight excluding hydrogens is 266 g/mol. The van der Waals surface area contributed by atoms with Crippen LogP contribution >= 0.6 is 0 Å². The Labute approximate surface area is 124 Å². The fraction of sp³-hybridized carbons (Fsp3) is 0.500. The minimum Gasteiger partial charge on any atom is -0.366 e. The van der Waals surface area contributed by atoms with Crippen molar-refractivity contribution in [2.45, 2.75) is 38.8 Å². The highest BCUT2D eigenvalue weighted by atomic mass is 16.2. The first-order valence-electron chi connectivity index (χ1n) is 7.39. The van der Waals surface area contributed by atoms with Gasteiger partial charge in [0.15, 0.2) is 0 Å². The summed E-state index contributed by atoms with van der Waals surface area (Å²) in [5.41, 5.74) is 1.77. The highest BCUT2D eigenvalue weighted by Crippen LogP contribution is 2.31. The molecule has 1 aromatic carbocycles. The Morgan fingerprint density at radius 2 is 1.95 bits per heavy atom. The number of benzene rings is 1. The van der Waals surface area contributed by atoms with Crippen molar-refractivity contribution in [2.24, 2.45) is 0 Å². The second-order valence-corrected chi connectivity index (χ2v) is 6.39. The van der Waals surface area contributed by atoms with Gasteiger partial charge in [0.1, 0.15) is 5.54 Å². The van der Waals surface area contributed by atoms with Crippen molar-refractivity contribution < 1.29 is 9.59 Å². The molecule has 0 spiro atoms. The van der Waals surface area contributed by atoms with Crippen LogP contribution in [-0.2, 0) is 11.2 Å². The standard InChI is InChI=1S/C16H21N3O2/c1-11-10-12-6-4-5-7-13(12)18(11)8-9-19-14(20)16(2,3)17-15(19)21/h4-7,11H,8-10H2,1-3H3,(H,17,21). The summed E-state index contributed by atoms with van der Waals surface area (Å²) in [5.74, 6) is -0.146. The number of para-hydroxylation sites is 1. The van der Waals surface area contributed by atoms with E-state index in [9.17, 15) is 9.59 Å². The third kappa shape index (κ3) is 2.26. The molecule has 1 saturated heterocycles. The highest BCUT2D eigenvalue weighted by Gasteiger charge is 2.44. The Bertz CT molecular complexity index is 597. The molecule has 2 heterocycles. The van der Waals surface area contributed by atoms with Gasteiger partial charge in [-0.05, 0) is 38.8 Å². The molecule has 1 aromatic rings. The molecule has 0 aliphatic carbocycles. The molecule has 0 radical (unpaired) electrons. The van der Waals surface area contributed by atoms with Crippen LogP contribution in [0.3, 0.4) is 0 Å². The van der Waals surface area contributed by atoms with E-state index in [0.717, 1.165) is 6.42 Å². The van der Waals surface area contributed by atoms with Crippen molar-refractivity contribution in [2.75, 3.05) is 18.0 Å². The molecule has 0 saturated carbocycles. The first-order chi connectivity index (χ1) is 9.90. The van der Waals surface area contributed by atoms with Crippen molar-refractivity contribution >= 4 is 17.6 Å². The Hall–Kier alpha value is -2.04. The third-order valence-corrected chi connectivity index (χ3v) is 4.36. The molecule has 112 valence electrons. The number of nitrogens with one attached hydrogen (secondary N) is 1. The summed E-state index contributed by atoms with van der Waals surface area (Å²) in [5, 5.41) is 2.72. The zero-order chi connectivity index (χ0) is 15.2. The van der Waals surface area contributed by atoms with E-state index in [0.29, 0.717) is 19.1 Å². The number of hydrogen-bond donors (Lipinski definition) is 1. The van der Waals surface area contributed by atoms with E-state index in [1.54, 1.807) is 13.8 Å². The van der Waals surface area contributed by atoms with Crippen LogP contribution in [0.2, 0.25) is 0 Å². The second kappa shape index (κ2) is 4.76. The molecule has 21 heavy (non-hydrogen) atoms. The molecule has 2 aliphatic rings. The fourth-order valence-electron chi connectivity index (χ4n) is 3.20. The zero-order valence-corrected chi connectivity index (χ0v) is 12.7. The molecule has 3 rings (SSSR count). The number of hydrogen-bond acceptors (Lipinski definition) is 3. The average Bonchev–Trinajstić information content (AvgIpc) is 2.83. The average molecular weight is 287 g/mol. The maximum absolute atomic E-state index is 12.2. The smallest absolute Gasteiger partial charge is 0.325 e. The van der Waals surface area contributed by atoms with Gasteiger partial charge in [0.25, 0.3) is 5.91 Å². The summed E-state index contributed by atoms with van der Waals surface area (Å²) >= 11 is 0. The van der Waals surface area contributed by atoms with Crippen LogP contribution in [-0.4, -0.2) is 41.5 Å². The highest BCUT2D eigenvalue weighted by molar-refractivity contribution is 6.06. The molecule has 1 N–H and O–H groups in total. The topological polar surface area (TPSA) is 52.6 Å². The Morgan fingerprint density at radius 3 is 2.62 bits per heavy atom. The lowest BCUT2D eigenvalue weighted by molar-refractivity contribution is -0.130. The van der Waals surface area contributed by atoms with Gasteiger partial charge in [-0.2, -0.15) is 0 Å². The van der Waals surface area contributed by atoms with Crippen LogP contribution in [0.4, 0.5) is 10.5 Å². The van der Waals surface area contributed by atoms with E-state index < -0.39 is 5.54 Å². The van der Waals surface area contributed by atoms with Crippen molar-refractivity contribution in [1.29, 1.82) is 0 Å². The lowest BCUT2D eigenvalue weighted by atomic mass is 10.1. The number of carbonyl (C=O) groups is 2. The van der Waals surface area contributed by atoms with Gasteiger partial charge in [-0.15, -0.1) is 0 Å². The minimum absolute atomic E-state index is 0.146. The van der Waals surface area contributed by atoms with Crippen LogP contribution in [0.1, 0.15) is 26.3 Å². The molecule has 1 unspecified atom stereocenters. The predicted molar refractivity (Wildman–Crippen MR) is 81.3 cm³/mol. The molecule has 0 bridgehead atoms. The van der Waals surface area contributed by atoms with Crippen LogP contribution in [0.25, 0.3) is 0 Å². The summed E-state index contributed by atoms with van der Waals surface area (Å²) < 4.78 is 0. The number of fused-ring (bicyclic) bond motifs is 1. The van der Waals surface area contributed by atoms with E-state index in [1.807, 2.05) is 6.07 Å². The summed E-state index contributed by atoms with van der Waals surface area (Å²) in [6.07, 6.45) is 1.02. The molecular formula is C16H21N3O2. The number of nitrogens with zero attached hydrogens (tertiary/aromatic N) is 2. The van der Waals surface area contributed by atoms with E-state index in [4.69, 9.17) is 0 Å². The fourth-order valence-corrected chi connectivity index (χ4v) is 3.20. The molecule has 5 heteroatoms. The van der Waals surface area contributed by atoms with E-state index in [-0.39, 0.29) is 11.9 Å². The normalized spacial score (nSPS) is 23.5. The largest absolute Gasteiger partial charge is 0.366 e. The Morgan fingerprint density at radius 1 is 1.24 bits per heavy atom. The van der Waals surface area contributed by atoms with E-state index in [2.05, 4.69) is 35.3 Å². The van der Waals surface area contributed by atoms with Crippen LogP contribution in [0.5, 0.6) is 0 Å². The van der Waals surface area contributed by atoms with E-state index >= 15 is 0 Å². The predicted octanol–water partition coefficient (Wildman–Crippen LogP) is 1.77. The van der Waals surface area contributed by atoms with Gasteiger partial charge >= 0.3 is 6.03 Å². The lowest BCUT2D eigenvalue weighted by Gasteiger charge is -2.27. The Balaban J connectivity index is 1.71. The lowest BCUT2D eigenvalue weighted by Crippen LogP contribution is -2.42. The van der Waals surface area contributed by atoms with Crippen molar-refractivity contribution in [1.82, 2.24) is 10.2 Å². The van der Waals surface area contributed by atoms with E-state index in [1.165, 1.54) is 16.2 Å². The number of amides is 3. The summed E-state index contributed by atoms with van der Waals surface area (Å²) in [6.45, 7) is 6.75. The number of anilines is 1. The first-order valence-corrected chi connectivity index (χ1v) is 7.39. The minimum atomic E-state index is -0.786. The molecule has 5 nitrogen and oxygen atoms in total. The van der Waals surface area contributed by atoms with Crippen molar-refractivity contribution in [3.8, 4) is 0 Å². The van der Waals surface area contributed by atoms with Gasteiger partial charge in [-0.1, -0.05) is 18.2 Å². The van der Waals surface area contributed by atoms with Crippen LogP contribution in [0.15, 0.2) is 24.3 Å². The zero-order valence-electron chi connectivity index (χ0n) is 12.7. The molecule has 1 atom stereocenters. The number of imide groups is 1. The number of urea groups is 1. The first kappa shape index (κ1) is 13.9. The Kier molecular flexibility index (Phi) is 3.15. The summed E-state index contributed by atoms with van der Waals surface area (Å²) in [7, 11) is 0. The van der Waals surface area contributed by atoms with Crippen molar-refractivity contribution in [3.05, 3.63) is 29.8 Å². The van der Waals surface area contributed by atoms with Gasteiger partial charge < -0.3 is 10.2 Å². The second-order valence-electron chi connectivity index (χ2n) is 6.39. The molecule has 0 aromatic heterocycles. The summed E-state index contributed by atoms with van der Waals surface area (Å²) in [4.78, 5) is 27.7. The van der Waals surface area contributed by atoms with Gasteiger partial charge in [0.05, 0.1) is 0 Å². The summed E-state index contributed by atoms with van der Waals surface area (Å²) in [6, 6.07) is 8.44. The quantitative estimate of drug-likeness (QED) is 0.862.